The Bertz CT molecular complexity index is 1370. The molecule has 3 aromatic carbocycles. The Hall–Kier alpha value is -3.68. The Morgan fingerprint density at radius 2 is 1.42 bits per heavy atom. The van der Waals surface area contributed by atoms with Gasteiger partial charge in [0.1, 0.15) is 0 Å². The van der Waals surface area contributed by atoms with Crippen LogP contribution in [-0.2, 0) is 9.59 Å². The first-order valence-electron chi connectivity index (χ1n) is 9.77. The minimum absolute atomic E-state index is 0.0369. The van der Waals surface area contributed by atoms with Gasteiger partial charge in [0.2, 0.25) is 6.04 Å². The zero-order valence-electron chi connectivity index (χ0n) is 17.1. The first-order valence-corrected chi connectivity index (χ1v) is 10.5. The second kappa shape index (κ2) is 9.05. The molecule has 0 fully saturated rings. The molecular formula is C24H15Cl2N3O4. The summed E-state index contributed by atoms with van der Waals surface area (Å²) in [5.74, 6) is -2.16. The van der Waals surface area contributed by atoms with E-state index in [1.54, 1.807) is 30.3 Å². The van der Waals surface area contributed by atoms with E-state index in [1.807, 2.05) is 0 Å². The molecular weight excluding hydrogens is 465 g/mol. The van der Waals surface area contributed by atoms with E-state index in [-0.39, 0.29) is 33.0 Å². The highest BCUT2D eigenvalue weighted by Gasteiger charge is 2.33. The molecule has 4 rings (SSSR count). The average Bonchev–Trinajstić information content (AvgIpc) is 2.78. The zero-order valence-corrected chi connectivity index (χ0v) is 18.6. The van der Waals surface area contributed by atoms with Crippen LogP contribution in [0.4, 0.5) is 11.4 Å². The van der Waals surface area contributed by atoms with Crippen molar-refractivity contribution in [2.24, 2.45) is 10.2 Å². The molecule has 1 amide bonds. The molecule has 0 saturated heterocycles. The van der Waals surface area contributed by atoms with Crippen LogP contribution in [0.5, 0.6) is 0 Å². The first-order chi connectivity index (χ1) is 15.8. The van der Waals surface area contributed by atoms with Crippen LogP contribution in [0.1, 0.15) is 38.8 Å². The molecule has 1 unspecified atom stereocenters. The molecule has 1 aliphatic rings. The standard InChI is InChI=1S/C24H15Cl2N3O4/c1-12(30)21(24(33)27-17-10-3-2-8-15(17)25)29-28-18-11-5-7-14-20(18)23(32)13-6-4-9-16(26)19(13)22(14)31/h2-11,21H,1H3,(H,27,33). The van der Waals surface area contributed by atoms with Gasteiger partial charge in [0.05, 0.1) is 32.5 Å². The smallest absolute Gasteiger partial charge is 0.258 e. The van der Waals surface area contributed by atoms with E-state index in [4.69, 9.17) is 23.2 Å². The van der Waals surface area contributed by atoms with E-state index in [0.29, 0.717) is 10.7 Å². The monoisotopic (exact) mass is 479 g/mol. The summed E-state index contributed by atoms with van der Waals surface area (Å²) in [4.78, 5) is 50.9. The van der Waals surface area contributed by atoms with Crippen molar-refractivity contribution in [2.45, 2.75) is 13.0 Å². The fraction of sp³-hybridized carbons (Fsp3) is 0.0833. The third-order valence-electron chi connectivity index (χ3n) is 5.05. The number of fused-ring (bicyclic) bond motifs is 2. The Balaban J connectivity index is 1.69. The lowest BCUT2D eigenvalue weighted by Gasteiger charge is -2.19. The second-order valence-corrected chi connectivity index (χ2v) is 8.03. The van der Waals surface area contributed by atoms with E-state index in [2.05, 4.69) is 15.5 Å². The van der Waals surface area contributed by atoms with Gasteiger partial charge < -0.3 is 5.32 Å². The van der Waals surface area contributed by atoms with Crippen LogP contribution < -0.4 is 5.32 Å². The van der Waals surface area contributed by atoms with Crippen LogP contribution in [0.3, 0.4) is 0 Å². The predicted molar refractivity (Wildman–Crippen MR) is 124 cm³/mol. The summed E-state index contributed by atoms with van der Waals surface area (Å²) in [6.45, 7) is 1.20. The lowest BCUT2D eigenvalue weighted by molar-refractivity contribution is -0.126. The molecule has 7 nitrogen and oxygen atoms in total. The summed E-state index contributed by atoms with van der Waals surface area (Å²) in [5.41, 5.74) is 0.825. The number of carbonyl (C=O) groups excluding carboxylic acids is 4. The highest BCUT2D eigenvalue weighted by Crippen LogP contribution is 2.36. The number of para-hydroxylation sites is 1. The summed E-state index contributed by atoms with van der Waals surface area (Å²) in [5, 5.41) is 10.9. The Morgan fingerprint density at radius 3 is 2.12 bits per heavy atom. The minimum atomic E-state index is -1.48. The SMILES string of the molecule is CC(=O)C(N=Nc1cccc2c1C(=O)c1cccc(Cl)c1C2=O)C(=O)Nc1ccccc1Cl. The van der Waals surface area contributed by atoms with Crippen molar-refractivity contribution in [2.75, 3.05) is 5.32 Å². The molecule has 164 valence electrons. The first kappa shape index (κ1) is 22.5. The van der Waals surface area contributed by atoms with Crippen molar-refractivity contribution in [1.29, 1.82) is 0 Å². The van der Waals surface area contributed by atoms with Gasteiger partial charge in [-0.1, -0.05) is 59.6 Å². The molecule has 0 aromatic heterocycles. The van der Waals surface area contributed by atoms with Crippen LogP contribution >= 0.6 is 23.2 Å². The molecule has 0 aliphatic heterocycles. The average molecular weight is 480 g/mol. The number of nitrogens with one attached hydrogen (secondary N) is 1. The van der Waals surface area contributed by atoms with Gasteiger partial charge in [0.15, 0.2) is 17.3 Å². The van der Waals surface area contributed by atoms with Crippen LogP contribution in [0.15, 0.2) is 70.9 Å². The number of anilines is 1. The molecule has 1 aliphatic carbocycles. The molecule has 1 atom stereocenters. The molecule has 1 N–H and O–H groups in total. The van der Waals surface area contributed by atoms with Crippen LogP contribution in [0.2, 0.25) is 10.0 Å². The molecule has 0 bridgehead atoms. The molecule has 0 saturated carbocycles. The number of amides is 1. The number of ketones is 3. The van der Waals surface area contributed by atoms with E-state index in [0.717, 1.165) is 0 Å². The maximum Gasteiger partial charge on any atom is 0.258 e. The van der Waals surface area contributed by atoms with Crippen molar-refractivity contribution in [3.8, 4) is 0 Å². The molecule has 0 radical (unpaired) electrons. The van der Waals surface area contributed by atoms with Crippen LogP contribution in [0.25, 0.3) is 0 Å². The van der Waals surface area contributed by atoms with Gasteiger partial charge in [-0.2, -0.15) is 10.2 Å². The van der Waals surface area contributed by atoms with E-state index < -0.39 is 29.3 Å². The lowest BCUT2D eigenvalue weighted by atomic mass is 9.83. The molecule has 33 heavy (non-hydrogen) atoms. The second-order valence-electron chi connectivity index (χ2n) is 7.22. The molecule has 9 heteroatoms. The normalized spacial score (nSPS) is 13.4. The molecule has 0 spiro atoms. The Morgan fingerprint density at radius 1 is 0.818 bits per heavy atom. The van der Waals surface area contributed by atoms with Crippen LogP contribution in [-0.4, -0.2) is 29.3 Å². The number of Topliss-reactive ketones (excluding diaryl/α,β-unsaturated/α-hetero) is 1. The number of carbonyl (C=O) groups is 4. The van der Waals surface area contributed by atoms with Gasteiger partial charge >= 0.3 is 0 Å². The number of benzene rings is 3. The number of hydrogen-bond donors (Lipinski definition) is 1. The lowest BCUT2D eigenvalue weighted by Crippen LogP contribution is -2.32. The third-order valence-corrected chi connectivity index (χ3v) is 5.69. The number of nitrogens with zero attached hydrogens (tertiary/aromatic N) is 2. The number of azo groups is 1. The topological polar surface area (TPSA) is 105 Å². The highest BCUT2D eigenvalue weighted by molar-refractivity contribution is 6.39. The largest absolute Gasteiger partial charge is 0.322 e. The fourth-order valence-corrected chi connectivity index (χ4v) is 3.91. The van der Waals surface area contributed by atoms with Gasteiger partial charge in [-0.15, -0.1) is 0 Å². The number of rotatable bonds is 5. The maximum absolute atomic E-state index is 13.1. The Kier molecular flexibility index (Phi) is 6.18. The van der Waals surface area contributed by atoms with E-state index in [1.165, 1.54) is 37.3 Å². The van der Waals surface area contributed by atoms with Crippen molar-refractivity contribution >= 4 is 57.8 Å². The summed E-state index contributed by atoms with van der Waals surface area (Å²) < 4.78 is 0. The fourth-order valence-electron chi connectivity index (χ4n) is 3.47. The summed E-state index contributed by atoms with van der Waals surface area (Å²) in [7, 11) is 0. The summed E-state index contributed by atoms with van der Waals surface area (Å²) >= 11 is 12.2. The van der Waals surface area contributed by atoms with Crippen molar-refractivity contribution in [3.05, 3.63) is 93.0 Å². The van der Waals surface area contributed by atoms with Gasteiger partial charge in [-0.3, -0.25) is 19.2 Å². The van der Waals surface area contributed by atoms with Crippen molar-refractivity contribution in [1.82, 2.24) is 0 Å². The van der Waals surface area contributed by atoms with Crippen molar-refractivity contribution < 1.29 is 19.2 Å². The number of hydrogen-bond acceptors (Lipinski definition) is 6. The summed E-state index contributed by atoms with van der Waals surface area (Å²) in [6, 6.07) is 14.2. The summed E-state index contributed by atoms with van der Waals surface area (Å²) in [6.07, 6.45) is 0. The van der Waals surface area contributed by atoms with Gasteiger partial charge in [0.25, 0.3) is 5.91 Å². The van der Waals surface area contributed by atoms with Crippen LogP contribution in [0, 0.1) is 0 Å². The van der Waals surface area contributed by atoms with E-state index in [9.17, 15) is 19.2 Å². The van der Waals surface area contributed by atoms with Crippen molar-refractivity contribution in [3.63, 3.8) is 0 Å². The minimum Gasteiger partial charge on any atom is -0.322 e. The zero-order chi connectivity index (χ0) is 23.7. The Labute approximate surface area is 198 Å². The predicted octanol–water partition coefficient (Wildman–Crippen LogP) is 5.45. The quantitative estimate of drug-likeness (QED) is 0.303. The molecule has 3 aromatic rings. The molecule has 0 heterocycles. The number of halogens is 2. The van der Waals surface area contributed by atoms with Gasteiger partial charge in [0, 0.05) is 11.1 Å². The highest BCUT2D eigenvalue weighted by atomic mass is 35.5. The van der Waals surface area contributed by atoms with E-state index >= 15 is 0 Å². The maximum atomic E-state index is 13.1. The third kappa shape index (κ3) is 4.20. The van der Waals surface area contributed by atoms with Gasteiger partial charge in [-0.25, -0.2) is 0 Å². The van der Waals surface area contributed by atoms with Gasteiger partial charge in [-0.05, 0) is 31.2 Å².